The van der Waals surface area contributed by atoms with Crippen LogP contribution < -0.4 is 20.1 Å². The zero-order chi connectivity index (χ0) is 29.1. The fourth-order valence-corrected chi connectivity index (χ4v) is 5.63. The lowest BCUT2D eigenvalue weighted by Crippen LogP contribution is -2.04. The number of ether oxygens (including phenoxy) is 2. The van der Waals surface area contributed by atoms with Crippen LogP contribution in [0.4, 0.5) is 11.4 Å². The van der Waals surface area contributed by atoms with Crippen LogP contribution in [0.3, 0.4) is 0 Å². The number of amides is 2. The number of methoxy groups -OCH3 is 2. The van der Waals surface area contributed by atoms with Gasteiger partial charge in [-0.2, -0.15) is 0 Å². The van der Waals surface area contributed by atoms with Crippen molar-refractivity contribution in [1.29, 1.82) is 0 Å². The van der Waals surface area contributed by atoms with E-state index in [4.69, 9.17) is 19.4 Å². The van der Waals surface area contributed by atoms with E-state index in [2.05, 4.69) is 10.6 Å². The van der Waals surface area contributed by atoms with Gasteiger partial charge in [0.1, 0.15) is 11.5 Å². The van der Waals surface area contributed by atoms with Crippen LogP contribution in [-0.4, -0.2) is 36.0 Å². The van der Waals surface area contributed by atoms with Gasteiger partial charge >= 0.3 is 0 Å². The van der Waals surface area contributed by atoms with E-state index in [9.17, 15) is 9.59 Å². The predicted octanol–water partition coefficient (Wildman–Crippen LogP) is 6.40. The van der Waals surface area contributed by atoms with E-state index in [0.717, 1.165) is 44.4 Å². The molecule has 0 radical (unpaired) electrons. The van der Waals surface area contributed by atoms with E-state index in [1.807, 2.05) is 74.5 Å². The summed E-state index contributed by atoms with van der Waals surface area (Å²) in [6, 6.07) is 19.3. The van der Waals surface area contributed by atoms with Gasteiger partial charge in [0.25, 0.3) is 11.8 Å². The number of nitrogens with zero attached hydrogens (tertiary/aromatic N) is 2. The highest BCUT2D eigenvalue weighted by Gasteiger charge is 2.27. The number of fused-ring (bicyclic) bond motifs is 5. The Balaban J connectivity index is 1.33. The summed E-state index contributed by atoms with van der Waals surface area (Å²) in [5.74, 6) is 1.05. The number of pyridine rings is 2. The number of carbonyl (C=O) groups excluding carboxylic acids is 2. The van der Waals surface area contributed by atoms with Crippen LogP contribution in [0, 0.1) is 13.8 Å². The molecule has 8 heteroatoms. The van der Waals surface area contributed by atoms with Crippen molar-refractivity contribution in [2.24, 2.45) is 0 Å². The van der Waals surface area contributed by atoms with Crippen LogP contribution in [-0.2, 0) is 9.59 Å². The summed E-state index contributed by atoms with van der Waals surface area (Å²) >= 11 is 0. The molecule has 2 aliphatic rings. The maximum atomic E-state index is 12.9. The monoisotopic (exact) mass is 554 g/mol. The molecule has 2 aromatic heterocycles. The average Bonchev–Trinajstić information content (AvgIpc) is 3.45. The van der Waals surface area contributed by atoms with Crippen LogP contribution in [0.1, 0.15) is 33.6 Å². The van der Waals surface area contributed by atoms with Crippen molar-refractivity contribution in [1.82, 2.24) is 9.97 Å². The summed E-state index contributed by atoms with van der Waals surface area (Å²) in [5, 5.41) is 7.71. The molecule has 0 saturated carbocycles. The minimum atomic E-state index is -0.188. The molecule has 0 atom stereocenters. The predicted molar refractivity (Wildman–Crippen MR) is 166 cm³/mol. The summed E-state index contributed by atoms with van der Waals surface area (Å²) in [6.07, 6.45) is 3.57. The minimum absolute atomic E-state index is 0.188. The average molecular weight is 555 g/mol. The van der Waals surface area contributed by atoms with E-state index in [1.165, 1.54) is 0 Å². The zero-order valence-corrected chi connectivity index (χ0v) is 23.5. The van der Waals surface area contributed by atoms with Gasteiger partial charge in [0.05, 0.1) is 47.8 Å². The van der Waals surface area contributed by atoms with Crippen molar-refractivity contribution in [3.05, 3.63) is 94.3 Å². The summed E-state index contributed by atoms with van der Waals surface area (Å²) in [4.78, 5) is 35.6. The number of nitrogens with one attached hydrogen (secondary N) is 2. The van der Waals surface area contributed by atoms with Crippen molar-refractivity contribution in [2.75, 3.05) is 24.9 Å². The molecule has 0 bridgehead atoms. The topological polar surface area (TPSA) is 102 Å². The Hall–Kier alpha value is -5.50. The molecule has 0 aliphatic carbocycles. The second-order valence-corrected chi connectivity index (χ2v) is 10.4. The summed E-state index contributed by atoms with van der Waals surface area (Å²) in [5.41, 5.74) is 8.64. The molecule has 42 heavy (non-hydrogen) atoms. The van der Waals surface area contributed by atoms with Crippen molar-refractivity contribution < 1.29 is 19.1 Å². The zero-order valence-electron chi connectivity index (χ0n) is 23.5. The highest BCUT2D eigenvalue weighted by Crippen LogP contribution is 2.39. The van der Waals surface area contributed by atoms with E-state index in [0.29, 0.717) is 45.1 Å². The highest BCUT2D eigenvalue weighted by atomic mass is 16.5. The van der Waals surface area contributed by atoms with E-state index < -0.39 is 0 Å². The Kier molecular flexibility index (Phi) is 5.79. The Labute approximate surface area is 241 Å². The molecule has 206 valence electrons. The van der Waals surface area contributed by atoms with Gasteiger partial charge in [-0.15, -0.1) is 0 Å². The van der Waals surface area contributed by atoms with Crippen LogP contribution in [0.5, 0.6) is 11.5 Å². The van der Waals surface area contributed by atoms with Crippen LogP contribution in [0.15, 0.2) is 60.7 Å². The number of benzene rings is 3. The molecule has 3 aromatic carbocycles. The SMILES string of the molecule is COc1cc2c(cc1C)NC(=O)/C2=C/c1ccc2ccc3ccc(/C=C4/C(=O)Nc5cc(C)c(OC)cc54)nc3c2n1. The van der Waals surface area contributed by atoms with Gasteiger partial charge in [0.2, 0.25) is 0 Å². The molecule has 0 saturated heterocycles. The number of rotatable bonds is 4. The Morgan fingerprint density at radius 2 is 1.02 bits per heavy atom. The van der Waals surface area contributed by atoms with Crippen molar-refractivity contribution in [3.63, 3.8) is 0 Å². The normalized spacial score (nSPS) is 15.7. The number of anilines is 2. The summed E-state index contributed by atoms with van der Waals surface area (Å²) in [7, 11) is 3.23. The third-order valence-corrected chi connectivity index (χ3v) is 7.78. The number of hydrogen-bond acceptors (Lipinski definition) is 6. The molecule has 2 aliphatic heterocycles. The van der Waals surface area contributed by atoms with Crippen LogP contribution >= 0.6 is 0 Å². The first-order valence-electron chi connectivity index (χ1n) is 13.5. The van der Waals surface area contributed by atoms with Crippen molar-refractivity contribution in [3.8, 4) is 11.5 Å². The number of carbonyl (C=O) groups is 2. The number of hydrogen-bond donors (Lipinski definition) is 2. The first-order chi connectivity index (χ1) is 20.3. The van der Waals surface area contributed by atoms with E-state index in [1.54, 1.807) is 26.4 Å². The number of aryl methyl sites for hydroxylation is 2. The van der Waals surface area contributed by atoms with Crippen LogP contribution in [0.2, 0.25) is 0 Å². The van der Waals surface area contributed by atoms with E-state index >= 15 is 0 Å². The third kappa shape index (κ3) is 4.07. The lowest BCUT2D eigenvalue weighted by atomic mass is 10.0. The van der Waals surface area contributed by atoms with Gasteiger partial charge in [-0.05, 0) is 73.5 Å². The molecule has 0 fully saturated rings. The Morgan fingerprint density at radius 1 is 0.619 bits per heavy atom. The Bertz CT molecular complexity index is 1930. The fourth-order valence-electron chi connectivity index (χ4n) is 5.63. The third-order valence-electron chi connectivity index (χ3n) is 7.78. The minimum Gasteiger partial charge on any atom is -0.496 e. The molecule has 2 amide bonds. The summed E-state index contributed by atoms with van der Waals surface area (Å²) < 4.78 is 11.0. The molecule has 4 heterocycles. The highest BCUT2D eigenvalue weighted by molar-refractivity contribution is 6.35. The van der Waals surface area contributed by atoms with Gasteiger partial charge in [-0.25, -0.2) is 9.97 Å². The largest absolute Gasteiger partial charge is 0.496 e. The van der Waals surface area contributed by atoms with Crippen molar-refractivity contribution >= 4 is 68.3 Å². The molecule has 5 aromatic rings. The molecule has 0 spiro atoms. The van der Waals surface area contributed by atoms with E-state index in [-0.39, 0.29) is 11.8 Å². The number of aromatic nitrogens is 2. The quantitative estimate of drug-likeness (QED) is 0.197. The smallest absolute Gasteiger partial charge is 0.256 e. The molecular weight excluding hydrogens is 528 g/mol. The fraction of sp³-hybridized carbons (Fsp3) is 0.118. The van der Waals surface area contributed by atoms with Crippen molar-refractivity contribution in [2.45, 2.75) is 13.8 Å². The maximum Gasteiger partial charge on any atom is 0.256 e. The van der Waals surface area contributed by atoms with Gasteiger partial charge < -0.3 is 20.1 Å². The van der Waals surface area contributed by atoms with Gasteiger partial charge in [0, 0.05) is 33.3 Å². The molecular formula is C34H26N4O4. The standard InChI is InChI=1S/C34H26N4O4/c1-17-11-27-23(15-29(17)41-3)25(33(39)37-27)13-21-9-7-19-5-6-20-8-10-22(36-32(20)31(19)35-21)14-26-24-16-30(42-4)18(2)12-28(24)38-34(26)40/h5-16H,1-4H3,(H,37,39)(H,38,40)/b25-13+,26-14+. The van der Waals surface area contributed by atoms with Gasteiger partial charge in [-0.1, -0.05) is 24.3 Å². The Morgan fingerprint density at radius 3 is 1.43 bits per heavy atom. The molecule has 8 nitrogen and oxygen atoms in total. The first kappa shape index (κ1) is 25.5. The first-order valence-corrected chi connectivity index (χ1v) is 13.5. The second kappa shape index (κ2) is 9.55. The summed E-state index contributed by atoms with van der Waals surface area (Å²) in [6.45, 7) is 3.88. The van der Waals surface area contributed by atoms with Crippen LogP contribution in [0.25, 0.3) is 45.1 Å². The maximum absolute atomic E-state index is 12.9. The second-order valence-electron chi connectivity index (χ2n) is 10.4. The van der Waals surface area contributed by atoms with Gasteiger partial charge in [0.15, 0.2) is 0 Å². The molecule has 2 N–H and O–H groups in total. The lowest BCUT2D eigenvalue weighted by Gasteiger charge is -2.08. The lowest BCUT2D eigenvalue weighted by molar-refractivity contribution is -0.111. The van der Waals surface area contributed by atoms with Gasteiger partial charge in [-0.3, -0.25) is 9.59 Å². The molecule has 0 unspecified atom stereocenters. The molecule has 7 rings (SSSR count).